The monoisotopic (exact) mass is 362 g/mol. The van der Waals surface area contributed by atoms with Gasteiger partial charge in [-0.1, -0.05) is 11.3 Å². The van der Waals surface area contributed by atoms with Crippen molar-refractivity contribution in [1.29, 1.82) is 0 Å². The fraction of sp³-hybridized carbons (Fsp3) is 0.500. The molecule has 0 atom stereocenters. The van der Waals surface area contributed by atoms with E-state index >= 15 is 0 Å². The predicted molar refractivity (Wildman–Crippen MR) is 97.8 cm³/mol. The number of nitrogens with zero attached hydrogens (tertiary/aromatic N) is 5. The highest BCUT2D eigenvalue weighted by atomic mass is 32.1. The molecule has 1 aliphatic rings. The number of ether oxygens (including phenoxy) is 1. The summed E-state index contributed by atoms with van der Waals surface area (Å²) in [6.07, 6.45) is 1.73. The highest BCUT2D eigenvalue weighted by molar-refractivity contribution is 7.17. The van der Waals surface area contributed by atoms with Crippen LogP contribution in [-0.4, -0.2) is 65.7 Å². The standard InChI is InChI=1S/C16H22N6O2S/c1-4-24-14(23)13-11(2)18-16(25-13)20-15-17-6-5-12(19-15)22-9-7-21(3)8-10-22/h5-6H,4,7-10H2,1-3H3,(H,17,18,19,20). The van der Waals surface area contributed by atoms with Crippen LogP contribution < -0.4 is 10.2 Å². The Morgan fingerprint density at radius 1 is 1.32 bits per heavy atom. The SMILES string of the molecule is CCOC(=O)c1sc(Nc2nccc(N3CCN(C)CC3)n2)nc1C. The maximum atomic E-state index is 11.9. The van der Waals surface area contributed by atoms with Crippen molar-refractivity contribution >= 4 is 34.2 Å². The van der Waals surface area contributed by atoms with Crippen LogP contribution in [0.2, 0.25) is 0 Å². The molecule has 0 aromatic carbocycles. The Hall–Kier alpha value is -2.26. The molecular formula is C16H22N6O2S. The fourth-order valence-corrected chi connectivity index (χ4v) is 3.41. The van der Waals surface area contributed by atoms with Gasteiger partial charge in [0.05, 0.1) is 12.3 Å². The zero-order valence-electron chi connectivity index (χ0n) is 14.7. The van der Waals surface area contributed by atoms with Crippen LogP contribution in [0.5, 0.6) is 0 Å². The zero-order chi connectivity index (χ0) is 17.8. The number of aryl methyl sites for hydroxylation is 1. The van der Waals surface area contributed by atoms with E-state index in [0.717, 1.165) is 32.0 Å². The van der Waals surface area contributed by atoms with Crippen LogP contribution in [0.15, 0.2) is 12.3 Å². The summed E-state index contributed by atoms with van der Waals surface area (Å²) in [6, 6.07) is 1.91. The smallest absolute Gasteiger partial charge is 0.350 e. The van der Waals surface area contributed by atoms with Gasteiger partial charge in [-0.05, 0) is 27.0 Å². The first-order valence-electron chi connectivity index (χ1n) is 8.25. The normalized spacial score (nSPS) is 15.2. The molecule has 0 bridgehead atoms. The Bertz CT molecular complexity index is 742. The van der Waals surface area contributed by atoms with Gasteiger partial charge < -0.3 is 14.5 Å². The summed E-state index contributed by atoms with van der Waals surface area (Å²) in [4.78, 5) is 30.1. The maximum absolute atomic E-state index is 11.9. The molecule has 3 heterocycles. The van der Waals surface area contributed by atoms with E-state index in [4.69, 9.17) is 4.74 Å². The lowest BCUT2D eigenvalue weighted by Crippen LogP contribution is -2.44. The Kier molecular flexibility index (Phi) is 5.44. The van der Waals surface area contributed by atoms with Gasteiger partial charge in [0, 0.05) is 32.4 Å². The van der Waals surface area contributed by atoms with Crippen LogP contribution in [0.4, 0.5) is 16.9 Å². The highest BCUT2D eigenvalue weighted by Gasteiger charge is 2.18. The summed E-state index contributed by atoms with van der Waals surface area (Å²) in [5.41, 5.74) is 0.640. The molecule has 0 amide bonds. The van der Waals surface area contributed by atoms with Gasteiger partial charge in [0.2, 0.25) is 5.95 Å². The molecule has 0 aliphatic carbocycles. The minimum absolute atomic E-state index is 0.342. The molecule has 25 heavy (non-hydrogen) atoms. The van der Waals surface area contributed by atoms with Crippen molar-refractivity contribution < 1.29 is 9.53 Å². The first-order chi connectivity index (χ1) is 12.1. The van der Waals surface area contributed by atoms with Crippen LogP contribution in [0, 0.1) is 6.92 Å². The second-order valence-electron chi connectivity index (χ2n) is 5.81. The lowest BCUT2D eigenvalue weighted by atomic mass is 10.3. The molecule has 1 fully saturated rings. The van der Waals surface area contributed by atoms with Gasteiger partial charge in [-0.3, -0.25) is 5.32 Å². The number of aromatic nitrogens is 3. The number of carbonyl (C=O) groups is 1. The number of hydrogen-bond acceptors (Lipinski definition) is 9. The Labute approximate surface area is 150 Å². The minimum atomic E-state index is -0.349. The quantitative estimate of drug-likeness (QED) is 0.808. The average Bonchev–Trinajstić information content (AvgIpc) is 2.96. The number of anilines is 3. The van der Waals surface area contributed by atoms with Crippen molar-refractivity contribution in [1.82, 2.24) is 19.9 Å². The van der Waals surface area contributed by atoms with Gasteiger partial charge >= 0.3 is 5.97 Å². The van der Waals surface area contributed by atoms with E-state index in [0.29, 0.717) is 28.3 Å². The third-order valence-corrected chi connectivity index (χ3v) is 5.00. The van der Waals surface area contributed by atoms with Crippen molar-refractivity contribution in [3.05, 3.63) is 22.8 Å². The van der Waals surface area contributed by atoms with Crippen LogP contribution in [-0.2, 0) is 4.74 Å². The van der Waals surface area contributed by atoms with E-state index in [-0.39, 0.29) is 5.97 Å². The molecule has 8 nitrogen and oxygen atoms in total. The largest absolute Gasteiger partial charge is 0.462 e. The lowest BCUT2D eigenvalue weighted by molar-refractivity contribution is 0.0531. The second-order valence-corrected chi connectivity index (χ2v) is 6.81. The van der Waals surface area contributed by atoms with Crippen molar-refractivity contribution in [2.24, 2.45) is 0 Å². The molecule has 9 heteroatoms. The third-order valence-electron chi connectivity index (χ3n) is 3.94. The van der Waals surface area contributed by atoms with Gasteiger partial charge in [-0.25, -0.2) is 14.8 Å². The summed E-state index contributed by atoms with van der Waals surface area (Å²) in [6.45, 7) is 7.82. The molecule has 3 rings (SSSR count). The summed E-state index contributed by atoms with van der Waals surface area (Å²) in [5, 5.41) is 3.67. The molecule has 134 valence electrons. The molecule has 1 saturated heterocycles. The molecule has 2 aromatic heterocycles. The average molecular weight is 362 g/mol. The van der Waals surface area contributed by atoms with Crippen LogP contribution in [0.3, 0.4) is 0 Å². The van der Waals surface area contributed by atoms with Crippen molar-refractivity contribution in [3.63, 3.8) is 0 Å². The number of nitrogens with one attached hydrogen (secondary N) is 1. The molecule has 0 spiro atoms. The molecule has 1 N–H and O–H groups in total. The first-order valence-corrected chi connectivity index (χ1v) is 9.06. The number of hydrogen-bond donors (Lipinski definition) is 1. The van der Waals surface area contributed by atoms with Crippen LogP contribution in [0.1, 0.15) is 22.3 Å². The fourth-order valence-electron chi connectivity index (χ4n) is 2.55. The molecular weight excluding hydrogens is 340 g/mol. The minimum Gasteiger partial charge on any atom is -0.462 e. The number of carbonyl (C=O) groups excluding carboxylic acids is 1. The highest BCUT2D eigenvalue weighted by Crippen LogP contribution is 2.26. The van der Waals surface area contributed by atoms with Crippen molar-refractivity contribution in [2.45, 2.75) is 13.8 Å². The molecule has 1 aliphatic heterocycles. The number of thiazole rings is 1. The third kappa shape index (κ3) is 4.23. The van der Waals surface area contributed by atoms with E-state index < -0.39 is 0 Å². The summed E-state index contributed by atoms with van der Waals surface area (Å²) >= 11 is 1.25. The van der Waals surface area contributed by atoms with Crippen LogP contribution in [0.25, 0.3) is 0 Å². The van der Waals surface area contributed by atoms with Gasteiger partial charge in [0.25, 0.3) is 0 Å². The zero-order valence-corrected chi connectivity index (χ0v) is 15.5. The van der Waals surface area contributed by atoms with Gasteiger partial charge in [0.15, 0.2) is 5.13 Å². The van der Waals surface area contributed by atoms with Gasteiger partial charge in [-0.2, -0.15) is 4.98 Å². The van der Waals surface area contributed by atoms with E-state index in [2.05, 4.69) is 37.1 Å². The number of piperazine rings is 1. The van der Waals surface area contributed by atoms with Gasteiger partial charge in [0.1, 0.15) is 10.7 Å². The molecule has 2 aromatic rings. The topological polar surface area (TPSA) is 83.5 Å². The van der Waals surface area contributed by atoms with Crippen molar-refractivity contribution in [3.8, 4) is 0 Å². The molecule has 0 radical (unpaired) electrons. The van der Waals surface area contributed by atoms with E-state index in [1.807, 2.05) is 6.07 Å². The second kappa shape index (κ2) is 7.75. The first kappa shape index (κ1) is 17.6. The number of likely N-dealkylation sites (N-methyl/N-ethyl adjacent to an activating group) is 1. The van der Waals surface area contributed by atoms with E-state index in [9.17, 15) is 4.79 Å². The van der Waals surface area contributed by atoms with Crippen molar-refractivity contribution in [2.75, 3.05) is 50.1 Å². The number of esters is 1. The number of rotatable bonds is 5. The Balaban J connectivity index is 1.72. The van der Waals surface area contributed by atoms with E-state index in [1.165, 1.54) is 11.3 Å². The van der Waals surface area contributed by atoms with Crippen LogP contribution >= 0.6 is 11.3 Å². The summed E-state index contributed by atoms with van der Waals surface area (Å²) < 4.78 is 5.04. The summed E-state index contributed by atoms with van der Waals surface area (Å²) in [5.74, 6) is 1.02. The Morgan fingerprint density at radius 3 is 2.80 bits per heavy atom. The molecule has 0 saturated carbocycles. The lowest BCUT2D eigenvalue weighted by Gasteiger charge is -2.33. The van der Waals surface area contributed by atoms with Gasteiger partial charge in [-0.15, -0.1) is 0 Å². The molecule has 0 unspecified atom stereocenters. The predicted octanol–water partition coefficient (Wildman–Crippen LogP) is 1.91. The van der Waals surface area contributed by atoms with E-state index in [1.54, 1.807) is 20.0 Å². The Morgan fingerprint density at radius 2 is 2.08 bits per heavy atom. The maximum Gasteiger partial charge on any atom is 0.350 e. The summed E-state index contributed by atoms with van der Waals surface area (Å²) in [7, 11) is 2.12.